The lowest BCUT2D eigenvalue weighted by Gasteiger charge is -2.25. The number of aryl methyl sites for hydroxylation is 1. The Hall–Kier alpha value is -1.72. The predicted molar refractivity (Wildman–Crippen MR) is 66.3 cm³/mol. The molecule has 0 fully saturated rings. The van der Waals surface area contributed by atoms with E-state index in [4.69, 9.17) is 5.11 Å². The normalized spacial score (nSPS) is 13.1. The number of rotatable bonds is 5. The molecule has 1 rings (SSSR count). The van der Waals surface area contributed by atoms with E-state index in [2.05, 4.69) is 0 Å². The third kappa shape index (κ3) is 4.15. The van der Waals surface area contributed by atoms with Gasteiger partial charge in [0.15, 0.2) is 5.92 Å². The van der Waals surface area contributed by atoms with Crippen molar-refractivity contribution in [2.45, 2.75) is 19.5 Å². The van der Waals surface area contributed by atoms with Crippen LogP contribution in [0.1, 0.15) is 12.5 Å². The molecular weight excluding hydrogens is 259 g/mol. The highest BCUT2D eigenvalue weighted by molar-refractivity contribution is 5.72. The van der Waals surface area contributed by atoms with E-state index in [1.165, 1.54) is 11.9 Å². The van der Waals surface area contributed by atoms with Gasteiger partial charge in [0.2, 0.25) is 0 Å². The van der Waals surface area contributed by atoms with E-state index >= 15 is 0 Å². The molecular formula is C13H16F3NO2. The molecule has 6 heteroatoms. The zero-order valence-corrected chi connectivity index (χ0v) is 10.7. The van der Waals surface area contributed by atoms with Crippen LogP contribution < -0.4 is 4.90 Å². The molecule has 19 heavy (non-hydrogen) atoms. The van der Waals surface area contributed by atoms with Crippen molar-refractivity contribution >= 4 is 11.7 Å². The first-order valence-corrected chi connectivity index (χ1v) is 5.85. The number of benzene rings is 1. The van der Waals surface area contributed by atoms with E-state index in [1.807, 2.05) is 19.1 Å². The molecule has 106 valence electrons. The third-order valence-electron chi connectivity index (χ3n) is 2.94. The Morgan fingerprint density at radius 2 is 1.84 bits per heavy atom. The lowest BCUT2D eigenvalue weighted by atomic mass is 10.1. The summed E-state index contributed by atoms with van der Waals surface area (Å²) in [5.74, 6) is -4.24. The van der Waals surface area contributed by atoms with Gasteiger partial charge in [-0.05, 0) is 24.1 Å². The Bertz CT molecular complexity index is 429. The largest absolute Gasteiger partial charge is 0.481 e. The minimum absolute atomic E-state index is 0.563. The van der Waals surface area contributed by atoms with Crippen molar-refractivity contribution in [3.05, 3.63) is 29.8 Å². The first kappa shape index (κ1) is 15.3. The number of hydrogen-bond donors (Lipinski definition) is 1. The zero-order valence-electron chi connectivity index (χ0n) is 10.7. The monoisotopic (exact) mass is 275 g/mol. The van der Waals surface area contributed by atoms with Crippen molar-refractivity contribution in [1.29, 1.82) is 0 Å². The van der Waals surface area contributed by atoms with Gasteiger partial charge in [-0.3, -0.25) is 4.79 Å². The van der Waals surface area contributed by atoms with Gasteiger partial charge in [0, 0.05) is 19.3 Å². The summed E-state index contributed by atoms with van der Waals surface area (Å²) < 4.78 is 37.7. The van der Waals surface area contributed by atoms with Gasteiger partial charge in [-0.15, -0.1) is 0 Å². The number of alkyl halides is 3. The highest BCUT2D eigenvalue weighted by atomic mass is 19.4. The molecule has 0 aromatic heterocycles. The third-order valence-corrected chi connectivity index (χ3v) is 2.94. The van der Waals surface area contributed by atoms with E-state index in [9.17, 15) is 18.0 Å². The lowest BCUT2D eigenvalue weighted by molar-refractivity contribution is -0.191. The van der Waals surface area contributed by atoms with E-state index in [-0.39, 0.29) is 0 Å². The first-order valence-electron chi connectivity index (χ1n) is 5.85. The highest BCUT2D eigenvalue weighted by Gasteiger charge is 2.45. The highest BCUT2D eigenvalue weighted by Crippen LogP contribution is 2.28. The van der Waals surface area contributed by atoms with Gasteiger partial charge >= 0.3 is 12.1 Å². The second-order valence-corrected chi connectivity index (χ2v) is 4.33. The van der Waals surface area contributed by atoms with Gasteiger partial charge in [-0.2, -0.15) is 13.2 Å². The summed E-state index contributed by atoms with van der Waals surface area (Å²) in [6.45, 7) is 1.37. The molecule has 0 saturated heterocycles. The van der Waals surface area contributed by atoms with Gasteiger partial charge in [0.25, 0.3) is 0 Å². The van der Waals surface area contributed by atoms with Gasteiger partial charge in [-0.1, -0.05) is 19.1 Å². The van der Waals surface area contributed by atoms with Crippen LogP contribution in [0.25, 0.3) is 0 Å². The maximum atomic E-state index is 12.6. The Labute approximate surface area is 109 Å². The second-order valence-electron chi connectivity index (χ2n) is 4.33. The number of nitrogens with zero attached hydrogens (tertiary/aromatic N) is 1. The number of hydrogen-bond acceptors (Lipinski definition) is 2. The summed E-state index contributed by atoms with van der Waals surface area (Å²) in [5, 5.41) is 8.64. The number of aliphatic carboxylic acids is 1. The molecule has 0 radical (unpaired) electrons. The van der Waals surface area contributed by atoms with Crippen LogP contribution in [-0.4, -0.2) is 30.8 Å². The quantitative estimate of drug-likeness (QED) is 0.898. The van der Waals surface area contributed by atoms with Crippen molar-refractivity contribution in [2.24, 2.45) is 5.92 Å². The van der Waals surface area contributed by atoms with Crippen molar-refractivity contribution in [3.8, 4) is 0 Å². The lowest BCUT2D eigenvalue weighted by Crippen LogP contribution is -2.40. The molecule has 1 N–H and O–H groups in total. The van der Waals surface area contributed by atoms with E-state index in [0.717, 1.165) is 12.0 Å². The molecule has 0 aliphatic rings. The number of carboxylic acid groups (broad SMARTS) is 1. The number of anilines is 1. The Morgan fingerprint density at radius 3 is 2.21 bits per heavy atom. The van der Waals surface area contributed by atoms with Gasteiger partial charge < -0.3 is 10.0 Å². The topological polar surface area (TPSA) is 40.5 Å². The van der Waals surface area contributed by atoms with Crippen LogP contribution in [0.4, 0.5) is 18.9 Å². The Morgan fingerprint density at radius 1 is 1.32 bits per heavy atom. The second kappa shape index (κ2) is 5.95. The molecule has 1 atom stereocenters. The van der Waals surface area contributed by atoms with Crippen molar-refractivity contribution in [3.63, 3.8) is 0 Å². The summed E-state index contributed by atoms with van der Waals surface area (Å²) in [6.07, 6.45) is -3.91. The zero-order chi connectivity index (χ0) is 14.6. The smallest absolute Gasteiger partial charge is 0.403 e. The van der Waals surface area contributed by atoms with E-state index in [1.54, 1.807) is 12.1 Å². The predicted octanol–water partition coefficient (Wildman–Crippen LogP) is 2.95. The molecule has 0 bridgehead atoms. The summed E-state index contributed by atoms with van der Waals surface area (Å²) in [6, 6.07) is 7.01. The van der Waals surface area contributed by atoms with Gasteiger partial charge in [-0.25, -0.2) is 0 Å². The summed E-state index contributed by atoms with van der Waals surface area (Å²) in [7, 11) is 1.45. The molecule has 0 aliphatic carbocycles. The number of halogens is 3. The molecule has 0 heterocycles. The standard InChI is InChI=1S/C13H16F3NO2/c1-3-9-4-6-10(7-5-9)17(2)8-11(12(18)19)13(14,15)16/h4-7,11H,3,8H2,1-2H3,(H,18,19). The molecule has 0 amide bonds. The Balaban J connectivity index is 2.81. The maximum absolute atomic E-state index is 12.6. The molecule has 0 aliphatic heterocycles. The molecule has 1 aromatic carbocycles. The Kier molecular flexibility index (Phi) is 4.80. The van der Waals surface area contributed by atoms with E-state index in [0.29, 0.717) is 5.69 Å². The molecule has 0 saturated carbocycles. The average Bonchev–Trinajstić information content (AvgIpc) is 2.34. The maximum Gasteiger partial charge on any atom is 0.403 e. The van der Waals surface area contributed by atoms with E-state index < -0.39 is 24.6 Å². The average molecular weight is 275 g/mol. The fourth-order valence-corrected chi connectivity index (χ4v) is 1.69. The van der Waals surface area contributed by atoms with Crippen LogP contribution in [-0.2, 0) is 11.2 Å². The molecule has 0 spiro atoms. The van der Waals surface area contributed by atoms with Crippen LogP contribution in [0, 0.1) is 5.92 Å². The van der Waals surface area contributed by atoms with Crippen LogP contribution in [0.2, 0.25) is 0 Å². The summed E-state index contributed by atoms with van der Waals surface area (Å²) in [5.41, 5.74) is 1.63. The molecule has 3 nitrogen and oxygen atoms in total. The van der Waals surface area contributed by atoms with Crippen LogP contribution >= 0.6 is 0 Å². The van der Waals surface area contributed by atoms with Crippen LogP contribution in [0.3, 0.4) is 0 Å². The van der Waals surface area contributed by atoms with Crippen LogP contribution in [0.15, 0.2) is 24.3 Å². The minimum Gasteiger partial charge on any atom is -0.481 e. The van der Waals surface area contributed by atoms with Crippen molar-refractivity contribution in [1.82, 2.24) is 0 Å². The summed E-state index contributed by atoms with van der Waals surface area (Å²) in [4.78, 5) is 12.0. The summed E-state index contributed by atoms with van der Waals surface area (Å²) >= 11 is 0. The van der Waals surface area contributed by atoms with Gasteiger partial charge in [0.05, 0.1) is 0 Å². The first-order chi connectivity index (χ1) is 8.75. The van der Waals surface area contributed by atoms with Crippen molar-refractivity contribution in [2.75, 3.05) is 18.5 Å². The van der Waals surface area contributed by atoms with Crippen LogP contribution in [0.5, 0.6) is 0 Å². The van der Waals surface area contributed by atoms with Gasteiger partial charge in [0.1, 0.15) is 0 Å². The molecule has 1 aromatic rings. The fraction of sp³-hybridized carbons (Fsp3) is 0.462. The molecule has 1 unspecified atom stereocenters. The minimum atomic E-state index is -4.75. The SMILES string of the molecule is CCc1ccc(N(C)CC(C(=O)O)C(F)(F)F)cc1. The number of carbonyl (C=O) groups is 1. The van der Waals surface area contributed by atoms with Crippen molar-refractivity contribution < 1.29 is 23.1 Å². The number of carboxylic acids is 1. The fourth-order valence-electron chi connectivity index (χ4n) is 1.69.